The maximum atomic E-state index is 11.5. The minimum atomic E-state index is -0.515. The number of unbranched alkanes of at least 4 members (excludes halogenated alkanes) is 2. The number of hydrogen-bond donors (Lipinski definition) is 2. The van der Waals surface area contributed by atoms with Gasteiger partial charge in [-0.05, 0) is 30.2 Å². The Morgan fingerprint density at radius 3 is 2.59 bits per heavy atom. The maximum Gasteiger partial charge on any atom is 0.326 e. The van der Waals surface area contributed by atoms with Crippen LogP contribution in [0.4, 0.5) is 4.79 Å². The SMILES string of the molecule is CCCCCOc1ccc(/C=C2\NC(=O)NC2=O)cc1OC. The third kappa shape index (κ3) is 4.00. The van der Waals surface area contributed by atoms with Crippen molar-refractivity contribution >= 4 is 18.0 Å². The summed E-state index contributed by atoms with van der Waals surface area (Å²) in [5, 5.41) is 4.60. The van der Waals surface area contributed by atoms with Gasteiger partial charge in [-0.2, -0.15) is 0 Å². The van der Waals surface area contributed by atoms with Gasteiger partial charge in [0.2, 0.25) is 0 Å². The van der Waals surface area contributed by atoms with Crippen LogP contribution in [0.15, 0.2) is 23.9 Å². The van der Waals surface area contributed by atoms with E-state index in [1.165, 1.54) is 0 Å². The summed E-state index contributed by atoms with van der Waals surface area (Å²) in [6, 6.07) is 4.85. The quantitative estimate of drug-likeness (QED) is 0.461. The van der Waals surface area contributed by atoms with Gasteiger partial charge in [-0.15, -0.1) is 0 Å². The molecule has 6 nitrogen and oxygen atoms in total. The van der Waals surface area contributed by atoms with E-state index in [1.54, 1.807) is 25.3 Å². The van der Waals surface area contributed by atoms with E-state index >= 15 is 0 Å². The fourth-order valence-electron chi connectivity index (χ4n) is 2.08. The molecular weight excluding hydrogens is 284 g/mol. The minimum absolute atomic E-state index is 0.212. The van der Waals surface area contributed by atoms with Gasteiger partial charge in [0.1, 0.15) is 5.70 Å². The highest BCUT2D eigenvalue weighted by atomic mass is 16.5. The lowest BCUT2D eigenvalue weighted by atomic mass is 10.1. The molecule has 1 aliphatic rings. The van der Waals surface area contributed by atoms with Crippen molar-refractivity contribution in [3.05, 3.63) is 29.5 Å². The number of ether oxygens (including phenoxy) is 2. The van der Waals surface area contributed by atoms with Gasteiger partial charge >= 0.3 is 6.03 Å². The zero-order valence-electron chi connectivity index (χ0n) is 12.8. The van der Waals surface area contributed by atoms with Crippen LogP contribution in [0.5, 0.6) is 11.5 Å². The van der Waals surface area contributed by atoms with Crippen molar-refractivity contribution in [3.63, 3.8) is 0 Å². The molecular formula is C16H20N2O4. The number of hydrogen-bond acceptors (Lipinski definition) is 4. The Balaban J connectivity index is 2.10. The molecule has 0 radical (unpaired) electrons. The molecule has 22 heavy (non-hydrogen) atoms. The van der Waals surface area contributed by atoms with Crippen LogP contribution in [0, 0.1) is 0 Å². The van der Waals surface area contributed by atoms with E-state index < -0.39 is 11.9 Å². The van der Waals surface area contributed by atoms with Crippen molar-refractivity contribution in [1.29, 1.82) is 0 Å². The Morgan fingerprint density at radius 1 is 1.14 bits per heavy atom. The Bertz CT molecular complexity index is 596. The van der Waals surface area contributed by atoms with Crippen molar-refractivity contribution in [2.75, 3.05) is 13.7 Å². The smallest absolute Gasteiger partial charge is 0.326 e. The van der Waals surface area contributed by atoms with Gasteiger partial charge in [0.15, 0.2) is 11.5 Å². The van der Waals surface area contributed by atoms with E-state index in [9.17, 15) is 9.59 Å². The molecule has 2 rings (SSSR count). The maximum absolute atomic E-state index is 11.5. The first-order valence-electron chi connectivity index (χ1n) is 7.29. The monoisotopic (exact) mass is 304 g/mol. The van der Waals surface area contributed by atoms with Crippen molar-refractivity contribution < 1.29 is 19.1 Å². The molecule has 1 saturated heterocycles. The van der Waals surface area contributed by atoms with Gasteiger partial charge in [-0.25, -0.2) is 4.79 Å². The summed E-state index contributed by atoms with van der Waals surface area (Å²) in [6.45, 7) is 2.78. The predicted octanol–water partition coefficient (Wildman–Crippen LogP) is 2.44. The molecule has 2 N–H and O–H groups in total. The van der Waals surface area contributed by atoms with Crippen molar-refractivity contribution in [2.45, 2.75) is 26.2 Å². The summed E-state index contributed by atoms with van der Waals surface area (Å²) in [7, 11) is 1.56. The number of amides is 3. The summed E-state index contributed by atoms with van der Waals surface area (Å²) >= 11 is 0. The molecule has 6 heteroatoms. The summed E-state index contributed by atoms with van der Waals surface area (Å²) in [5.41, 5.74) is 0.953. The normalized spacial score (nSPS) is 15.6. The van der Waals surface area contributed by atoms with E-state index in [0.717, 1.165) is 24.8 Å². The molecule has 0 saturated carbocycles. The Morgan fingerprint density at radius 2 is 1.95 bits per heavy atom. The van der Waals surface area contributed by atoms with E-state index in [2.05, 4.69) is 17.6 Å². The van der Waals surface area contributed by atoms with Crippen molar-refractivity contribution in [2.24, 2.45) is 0 Å². The summed E-state index contributed by atoms with van der Waals surface area (Å²) < 4.78 is 11.0. The second-order valence-corrected chi connectivity index (χ2v) is 4.93. The number of urea groups is 1. The molecule has 1 aromatic carbocycles. The molecule has 1 heterocycles. The highest BCUT2D eigenvalue weighted by Gasteiger charge is 2.22. The molecule has 0 bridgehead atoms. The Labute approximate surface area is 129 Å². The lowest BCUT2D eigenvalue weighted by Crippen LogP contribution is -2.22. The largest absolute Gasteiger partial charge is 0.493 e. The van der Waals surface area contributed by atoms with Crippen molar-refractivity contribution in [3.8, 4) is 11.5 Å². The number of rotatable bonds is 7. The molecule has 3 amide bonds. The number of carbonyl (C=O) groups excluding carboxylic acids is 2. The molecule has 1 aromatic rings. The number of benzene rings is 1. The Kier molecular flexibility index (Phi) is 5.41. The highest BCUT2D eigenvalue weighted by molar-refractivity contribution is 6.13. The molecule has 0 aromatic heterocycles. The van der Waals surface area contributed by atoms with Gasteiger partial charge in [-0.3, -0.25) is 10.1 Å². The summed E-state index contributed by atoms with van der Waals surface area (Å²) in [4.78, 5) is 22.6. The second-order valence-electron chi connectivity index (χ2n) is 4.93. The predicted molar refractivity (Wildman–Crippen MR) is 82.7 cm³/mol. The first kappa shape index (κ1) is 15.9. The topological polar surface area (TPSA) is 76.7 Å². The third-order valence-electron chi connectivity index (χ3n) is 3.22. The summed E-state index contributed by atoms with van der Waals surface area (Å²) in [5.74, 6) is 0.820. The lowest BCUT2D eigenvalue weighted by Gasteiger charge is -2.11. The van der Waals surface area contributed by atoms with Gasteiger partial charge in [0, 0.05) is 0 Å². The van der Waals surface area contributed by atoms with Gasteiger partial charge in [0.05, 0.1) is 13.7 Å². The number of methoxy groups -OCH3 is 1. The average molecular weight is 304 g/mol. The van der Waals surface area contributed by atoms with Gasteiger partial charge in [-0.1, -0.05) is 25.8 Å². The van der Waals surface area contributed by atoms with E-state index in [4.69, 9.17) is 9.47 Å². The first-order valence-corrected chi connectivity index (χ1v) is 7.29. The van der Waals surface area contributed by atoms with Crippen LogP contribution >= 0.6 is 0 Å². The van der Waals surface area contributed by atoms with Crippen LogP contribution in [0.3, 0.4) is 0 Å². The minimum Gasteiger partial charge on any atom is -0.493 e. The number of nitrogens with one attached hydrogen (secondary N) is 2. The van der Waals surface area contributed by atoms with Crippen LogP contribution in [0.2, 0.25) is 0 Å². The van der Waals surface area contributed by atoms with Crippen molar-refractivity contribution in [1.82, 2.24) is 10.6 Å². The molecule has 118 valence electrons. The zero-order chi connectivity index (χ0) is 15.9. The molecule has 1 aliphatic heterocycles. The molecule has 1 fully saturated rings. The van der Waals surface area contributed by atoms with Crippen LogP contribution < -0.4 is 20.1 Å². The average Bonchev–Trinajstić information content (AvgIpc) is 2.82. The first-order chi connectivity index (χ1) is 10.6. The standard InChI is InChI=1S/C16H20N2O4/c1-3-4-5-8-22-13-7-6-11(10-14(13)21-2)9-12-15(19)18-16(20)17-12/h6-7,9-10H,3-5,8H2,1-2H3,(H2,17,18,19,20)/b12-9-. The molecule has 0 unspecified atom stereocenters. The van der Waals surface area contributed by atoms with Crippen LogP contribution in [0.25, 0.3) is 6.08 Å². The fourth-order valence-corrected chi connectivity index (χ4v) is 2.08. The van der Waals surface area contributed by atoms with Crippen LogP contribution in [0.1, 0.15) is 31.7 Å². The molecule has 0 atom stereocenters. The van der Waals surface area contributed by atoms with E-state index in [0.29, 0.717) is 18.1 Å². The van der Waals surface area contributed by atoms with Crippen LogP contribution in [-0.2, 0) is 4.79 Å². The van der Waals surface area contributed by atoms with Gasteiger partial charge in [0.25, 0.3) is 5.91 Å². The molecule has 0 aliphatic carbocycles. The summed E-state index contributed by atoms with van der Waals surface area (Å²) in [6.07, 6.45) is 4.85. The van der Waals surface area contributed by atoms with Gasteiger partial charge < -0.3 is 14.8 Å². The third-order valence-corrected chi connectivity index (χ3v) is 3.22. The van der Waals surface area contributed by atoms with E-state index in [-0.39, 0.29) is 5.70 Å². The highest BCUT2D eigenvalue weighted by Crippen LogP contribution is 2.29. The zero-order valence-corrected chi connectivity index (χ0v) is 12.8. The number of carbonyl (C=O) groups is 2. The van der Waals surface area contributed by atoms with E-state index in [1.807, 2.05) is 6.07 Å². The van der Waals surface area contributed by atoms with Crippen LogP contribution in [-0.4, -0.2) is 25.7 Å². The lowest BCUT2D eigenvalue weighted by molar-refractivity contribution is -0.115. The second kappa shape index (κ2) is 7.49. The number of imide groups is 1. The fraction of sp³-hybridized carbons (Fsp3) is 0.375. The molecule has 0 spiro atoms. The Hall–Kier alpha value is -2.50.